The van der Waals surface area contributed by atoms with Gasteiger partial charge in [-0.15, -0.1) is 0 Å². The number of ether oxygens (including phenoxy) is 1. The monoisotopic (exact) mass is 272 g/mol. The minimum absolute atomic E-state index is 0.00772. The molecule has 18 heavy (non-hydrogen) atoms. The number of nitrogens with two attached hydrogens (primary N) is 1. The molecule has 0 bridgehead atoms. The number of carbonyl (C=O) groups is 1. The van der Waals surface area contributed by atoms with Crippen molar-refractivity contribution in [3.05, 3.63) is 28.8 Å². The zero-order chi connectivity index (χ0) is 13.5. The summed E-state index contributed by atoms with van der Waals surface area (Å²) in [6.07, 6.45) is 0.607. The van der Waals surface area contributed by atoms with Gasteiger partial charge in [-0.25, -0.2) is 0 Å². The molecule has 0 heterocycles. The molecular weight excluding hydrogens is 256 g/mol. The van der Waals surface area contributed by atoms with Crippen LogP contribution in [0, 0.1) is 0 Å². The fraction of sp³-hybridized carbons (Fsp3) is 0.417. The zero-order valence-corrected chi connectivity index (χ0v) is 10.9. The normalized spacial score (nSPS) is 12.2. The maximum absolute atomic E-state index is 12.0. The molecule has 1 unspecified atom stereocenters. The average molecular weight is 273 g/mol. The molecule has 0 fully saturated rings. The summed E-state index contributed by atoms with van der Waals surface area (Å²) in [7, 11) is 1.55. The zero-order valence-electron chi connectivity index (χ0n) is 10.1. The van der Waals surface area contributed by atoms with E-state index >= 15 is 0 Å². The van der Waals surface area contributed by atoms with Crippen LogP contribution in [0.25, 0.3) is 0 Å². The highest BCUT2D eigenvalue weighted by molar-refractivity contribution is 6.33. The van der Waals surface area contributed by atoms with Crippen LogP contribution in [0.15, 0.2) is 18.2 Å². The molecule has 1 atom stereocenters. The molecule has 0 aliphatic heterocycles. The second-order valence-electron chi connectivity index (χ2n) is 3.87. The largest absolute Gasteiger partial charge is 0.508 e. The number of phenols is 1. The van der Waals surface area contributed by atoms with Crippen molar-refractivity contribution >= 4 is 17.5 Å². The highest BCUT2D eigenvalue weighted by Crippen LogP contribution is 2.21. The van der Waals surface area contributed by atoms with Crippen molar-refractivity contribution in [1.82, 2.24) is 5.32 Å². The first-order chi connectivity index (χ1) is 8.58. The van der Waals surface area contributed by atoms with Crippen molar-refractivity contribution in [1.29, 1.82) is 0 Å². The molecule has 1 rings (SSSR count). The lowest BCUT2D eigenvalue weighted by atomic mass is 10.1. The van der Waals surface area contributed by atoms with Crippen LogP contribution in [0.3, 0.4) is 0 Å². The molecule has 5 nitrogen and oxygen atoms in total. The highest BCUT2D eigenvalue weighted by Gasteiger charge is 2.16. The molecule has 0 aliphatic rings. The standard InChI is InChI=1S/C12H17ClN2O3/c1-18-7-8(4-5-14)15-12(17)10-6-9(16)2-3-11(10)13/h2-3,6,8,16H,4-5,7,14H2,1H3,(H,15,17). The van der Waals surface area contributed by atoms with Crippen molar-refractivity contribution in [2.75, 3.05) is 20.3 Å². The molecule has 1 amide bonds. The SMILES string of the molecule is COCC(CCN)NC(=O)c1cc(O)ccc1Cl. The number of halogens is 1. The van der Waals surface area contributed by atoms with E-state index in [-0.39, 0.29) is 28.3 Å². The van der Waals surface area contributed by atoms with E-state index in [2.05, 4.69) is 5.32 Å². The first-order valence-electron chi connectivity index (χ1n) is 5.57. The minimum Gasteiger partial charge on any atom is -0.508 e. The van der Waals surface area contributed by atoms with Gasteiger partial charge in [-0.1, -0.05) is 11.6 Å². The predicted octanol–water partition coefficient (Wildman–Crippen LogP) is 1.14. The van der Waals surface area contributed by atoms with Gasteiger partial charge >= 0.3 is 0 Å². The van der Waals surface area contributed by atoms with Gasteiger partial charge in [0.1, 0.15) is 5.75 Å². The van der Waals surface area contributed by atoms with E-state index in [1.54, 1.807) is 7.11 Å². The van der Waals surface area contributed by atoms with Gasteiger partial charge in [0.15, 0.2) is 0 Å². The number of amides is 1. The van der Waals surface area contributed by atoms with Gasteiger partial charge in [-0.05, 0) is 31.2 Å². The highest BCUT2D eigenvalue weighted by atomic mass is 35.5. The Bertz CT molecular complexity index is 406. The van der Waals surface area contributed by atoms with E-state index in [9.17, 15) is 9.90 Å². The Hall–Kier alpha value is -1.30. The average Bonchev–Trinajstić information content (AvgIpc) is 2.33. The molecule has 0 aliphatic carbocycles. The summed E-state index contributed by atoms with van der Waals surface area (Å²) < 4.78 is 4.99. The molecule has 0 saturated carbocycles. The van der Waals surface area contributed by atoms with Crippen LogP contribution in [0.5, 0.6) is 5.75 Å². The fourth-order valence-corrected chi connectivity index (χ4v) is 1.75. The van der Waals surface area contributed by atoms with Crippen LogP contribution in [-0.2, 0) is 4.74 Å². The van der Waals surface area contributed by atoms with E-state index in [0.29, 0.717) is 19.6 Å². The Morgan fingerprint density at radius 1 is 1.61 bits per heavy atom. The smallest absolute Gasteiger partial charge is 0.253 e. The maximum atomic E-state index is 12.0. The quantitative estimate of drug-likeness (QED) is 0.725. The van der Waals surface area contributed by atoms with Gasteiger partial charge in [0, 0.05) is 7.11 Å². The number of carbonyl (C=O) groups excluding carboxylic acids is 1. The molecule has 4 N–H and O–H groups in total. The number of hydrogen-bond donors (Lipinski definition) is 3. The fourth-order valence-electron chi connectivity index (χ4n) is 1.55. The molecule has 6 heteroatoms. The molecule has 0 spiro atoms. The number of hydrogen-bond acceptors (Lipinski definition) is 4. The van der Waals surface area contributed by atoms with Crippen molar-refractivity contribution in [3.8, 4) is 5.75 Å². The lowest BCUT2D eigenvalue weighted by molar-refractivity contribution is 0.0893. The van der Waals surface area contributed by atoms with Crippen LogP contribution in [0.4, 0.5) is 0 Å². The summed E-state index contributed by atoms with van der Waals surface area (Å²) in [4.78, 5) is 12.0. The Kier molecular flexibility index (Phi) is 5.91. The van der Waals surface area contributed by atoms with E-state index in [0.717, 1.165) is 0 Å². The molecule has 0 radical (unpaired) electrons. The van der Waals surface area contributed by atoms with Gasteiger partial charge in [0.05, 0.1) is 23.2 Å². The van der Waals surface area contributed by atoms with Crippen LogP contribution < -0.4 is 11.1 Å². The molecule has 0 aromatic heterocycles. The van der Waals surface area contributed by atoms with Gasteiger partial charge in [0.2, 0.25) is 0 Å². The Morgan fingerprint density at radius 2 is 2.33 bits per heavy atom. The van der Waals surface area contributed by atoms with Gasteiger partial charge in [0.25, 0.3) is 5.91 Å². The Morgan fingerprint density at radius 3 is 2.94 bits per heavy atom. The third kappa shape index (κ3) is 4.18. The second-order valence-corrected chi connectivity index (χ2v) is 4.27. The first kappa shape index (κ1) is 14.8. The number of aromatic hydroxyl groups is 1. The maximum Gasteiger partial charge on any atom is 0.253 e. The topological polar surface area (TPSA) is 84.6 Å². The van der Waals surface area contributed by atoms with E-state index in [4.69, 9.17) is 22.1 Å². The van der Waals surface area contributed by atoms with Crippen molar-refractivity contribution in [2.45, 2.75) is 12.5 Å². The third-order valence-corrected chi connectivity index (χ3v) is 2.74. The summed E-state index contributed by atoms with van der Waals surface area (Å²) in [6, 6.07) is 4.04. The summed E-state index contributed by atoms with van der Waals surface area (Å²) in [5.74, 6) is -0.363. The number of nitrogens with one attached hydrogen (secondary N) is 1. The van der Waals surface area contributed by atoms with E-state index in [1.165, 1.54) is 18.2 Å². The number of methoxy groups -OCH3 is 1. The second kappa shape index (κ2) is 7.20. The van der Waals surface area contributed by atoms with E-state index < -0.39 is 0 Å². The summed E-state index contributed by atoms with van der Waals surface area (Å²) in [5.41, 5.74) is 5.69. The summed E-state index contributed by atoms with van der Waals surface area (Å²) >= 11 is 5.90. The van der Waals surface area contributed by atoms with E-state index in [1.807, 2.05) is 0 Å². The van der Waals surface area contributed by atoms with Crippen molar-refractivity contribution in [3.63, 3.8) is 0 Å². The molecular formula is C12H17ClN2O3. The molecule has 1 aromatic carbocycles. The number of phenolic OH excluding ortho intramolecular Hbond substituents is 1. The molecule has 100 valence electrons. The number of rotatable bonds is 6. The predicted molar refractivity (Wildman–Crippen MR) is 69.9 cm³/mol. The van der Waals surface area contributed by atoms with Crippen molar-refractivity contribution in [2.24, 2.45) is 5.73 Å². The molecule has 0 saturated heterocycles. The number of benzene rings is 1. The molecule has 1 aromatic rings. The van der Waals surface area contributed by atoms with Crippen LogP contribution >= 0.6 is 11.6 Å². The lowest BCUT2D eigenvalue weighted by Gasteiger charge is -2.17. The minimum atomic E-state index is -0.355. The van der Waals surface area contributed by atoms with Crippen LogP contribution in [0.1, 0.15) is 16.8 Å². The van der Waals surface area contributed by atoms with Gasteiger partial charge in [-0.2, -0.15) is 0 Å². The Labute approximate surface area is 111 Å². The first-order valence-corrected chi connectivity index (χ1v) is 5.94. The van der Waals surface area contributed by atoms with Crippen molar-refractivity contribution < 1.29 is 14.6 Å². The lowest BCUT2D eigenvalue weighted by Crippen LogP contribution is -2.39. The Balaban J connectivity index is 2.76. The summed E-state index contributed by atoms with van der Waals surface area (Å²) in [5, 5.41) is 12.4. The van der Waals surface area contributed by atoms with Crippen LogP contribution in [0.2, 0.25) is 5.02 Å². The third-order valence-electron chi connectivity index (χ3n) is 2.41. The summed E-state index contributed by atoms with van der Waals surface area (Å²) in [6.45, 7) is 0.821. The van der Waals surface area contributed by atoms with Gasteiger partial charge < -0.3 is 20.9 Å². The van der Waals surface area contributed by atoms with Gasteiger partial charge in [-0.3, -0.25) is 4.79 Å². The van der Waals surface area contributed by atoms with Crippen LogP contribution in [-0.4, -0.2) is 37.3 Å².